The van der Waals surface area contributed by atoms with E-state index in [-0.39, 0.29) is 81.8 Å². The number of alkyl halides is 6. The molecule has 4 fully saturated rings. The lowest BCUT2D eigenvalue weighted by Crippen LogP contribution is -2.51. The van der Waals surface area contributed by atoms with E-state index >= 15 is 0 Å². The number of piperidine rings is 1. The molecule has 0 aromatic carbocycles. The predicted molar refractivity (Wildman–Crippen MR) is 163 cm³/mol. The molecule has 0 spiro atoms. The summed E-state index contributed by atoms with van der Waals surface area (Å²) in [6.45, 7) is 5.62. The van der Waals surface area contributed by atoms with E-state index < -0.39 is 53.2 Å². The third kappa shape index (κ3) is 7.38. The van der Waals surface area contributed by atoms with E-state index in [0.29, 0.717) is 30.3 Å². The molecule has 2 amide bonds. The molecule has 258 valence electrons. The fraction of sp³-hybridized carbons (Fsp3) is 0.700. The number of carbonyl (C=O) groups excluding carboxylic acids is 2. The Morgan fingerprint density at radius 2 is 1.91 bits per heavy atom. The lowest BCUT2D eigenvalue weighted by atomic mass is 9.81. The number of anilines is 1. The number of piperazine rings is 1. The van der Waals surface area contributed by atoms with Crippen LogP contribution >= 0.6 is 9.24 Å². The predicted octanol–water partition coefficient (Wildman–Crippen LogP) is 3.98. The maximum Gasteiger partial charge on any atom is 0.263 e. The molecule has 10 nitrogen and oxygen atoms in total. The Kier molecular flexibility index (Phi) is 8.99. The van der Waals surface area contributed by atoms with Crippen LogP contribution in [0.15, 0.2) is 18.3 Å². The number of rotatable bonds is 8. The van der Waals surface area contributed by atoms with Crippen LogP contribution in [0, 0.1) is 17.8 Å². The first kappa shape index (κ1) is 33.9. The summed E-state index contributed by atoms with van der Waals surface area (Å²) in [5, 5.41) is 10.2. The fourth-order valence-electron chi connectivity index (χ4n) is 7.29. The van der Waals surface area contributed by atoms with Crippen molar-refractivity contribution >= 4 is 32.6 Å². The van der Waals surface area contributed by atoms with E-state index in [9.17, 15) is 35.9 Å². The van der Waals surface area contributed by atoms with Crippen molar-refractivity contribution < 1.29 is 35.9 Å². The highest BCUT2D eigenvalue weighted by molar-refractivity contribution is 7.18. The molecule has 3 aliphatic heterocycles. The molecule has 0 bridgehead atoms. The summed E-state index contributed by atoms with van der Waals surface area (Å²) >= 11 is 0. The van der Waals surface area contributed by atoms with Crippen LogP contribution in [0.4, 0.5) is 32.2 Å². The maximum atomic E-state index is 14.3. The Hall–Kier alpha value is -3.00. The summed E-state index contributed by atoms with van der Waals surface area (Å²) in [7, 11) is 1.53. The molecule has 5 atom stereocenters. The van der Waals surface area contributed by atoms with E-state index in [4.69, 9.17) is 10.1 Å². The van der Waals surface area contributed by atoms with Gasteiger partial charge in [0.25, 0.3) is 17.4 Å². The Morgan fingerprint density at radius 3 is 2.60 bits per heavy atom. The first-order valence-corrected chi connectivity index (χ1v) is 16.5. The lowest BCUT2D eigenvalue weighted by molar-refractivity contribution is -0.129. The number of imidazole rings is 1. The van der Waals surface area contributed by atoms with E-state index in [1.165, 1.54) is 20.7 Å². The molecule has 1 aliphatic carbocycles. The molecule has 17 heteroatoms. The molecule has 3 saturated heterocycles. The van der Waals surface area contributed by atoms with Crippen LogP contribution in [0.5, 0.6) is 0 Å². The highest BCUT2D eigenvalue weighted by Crippen LogP contribution is 2.42. The topological polar surface area (TPSA) is 108 Å². The number of hydrogen-bond acceptors (Lipinski definition) is 7. The van der Waals surface area contributed by atoms with Gasteiger partial charge in [0.15, 0.2) is 5.82 Å². The first-order chi connectivity index (χ1) is 22.0. The second kappa shape index (κ2) is 12.5. The van der Waals surface area contributed by atoms with E-state index in [2.05, 4.69) is 22.2 Å². The molecule has 2 aromatic rings. The van der Waals surface area contributed by atoms with Gasteiger partial charge in [-0.3, -0.25) is 14.5 Å². The van der Waals surface area contributed by atoms with Crippen molar-refractivity contribution in [2.24, 2.45) is 17.8 Å². The number of nitrogens with one attached hydrogen (secondary N) is 2. The van der Waals surface area contributed by atoms with Crippen molar-refractivity contribution in [3.8, 4) is 0 Å². The van der Waals surface area contributed by atoms with Gasteiger partial charge in [0.2, 0.25) is 17.7 Å². The third-order valence-electron chi connectivity index (χ3n) is 9.93. The maximum absolute atomic E-state index is 14.3. The van der Waals surface area contributed by atoms with Crippen molar-refractivity contribution in [3.05, 3.63) is 29.7 Å². The molecule has 1 saturated carbocycles. The van der Waals surface area contributed by atoms with Crippen molar-refractivity contribution in [1.82, 2.24) is 35.1 Å². The highest BCUT2D eigenvalue weighted by Gasteiger charge is 2.48. The Bertz CT molecular complexity index is 1540. The van der Waals surface area contributed by atoms with Crippen LogP contribution in [0.2, 0.25) is 0 Å². The number of nitrogens with zero attached hydrogens (tertiary/aromatic N) is 6. The van der Waals surface area contributed by atoms with Crippen LogP contribution in [0.1, 0.15) is 62.9 Å². The smallest absolute Gasteiger partial charge is 0.263 e. The minimum absolute atomic E-state index is 0.0383. The number of carbonyl (C=O) groups is 2. The van der Waals surface area contributed by atoms with Gasteiger partial charge in [-0.15, -0.1) is 0 Å². The minimum atomic E-state index is -3.10. The van der Waals surface area contributed by atoms with Gasteiger partial charge in [0.05, 0.1) is 24.5 Å². The summed E-state index contributed by atoms with van der Waals surface area (Å²) in [4.78, 5) is 38.6. The van der Waals surface area contributed by atoms with Crippen LogP contribution in [-0.2, 0) is 16.0 Å². The van der Waals surface area contributed by atoms with Gasteiger partial charge in [0.1, 0.15) is 5.69 Å². The normalized spacial score (nSPS) is 27.4. The van der Waals surface area contributed by atoms with Gasteiger partial charge in [-0.2, -0.15) is 10.1 Å². The first-order valence-electron chi connectivity index (χ1n) is 15.9. The molecule has 3 unspecified atom stereocenters. The van der Waals surface area contributed by atoms with E-state index in [1.54, 1.807) is 11.1 Å². The van der Waals surface area contributed by atoms with Gasteiger partial charge < -0.3 is 15.5 Å². The standard InChI is InChI=1S/C30H39F6N8O2P/c1-16(2)25(45)39-23(17-3-5-28(31,32)6-4-17)22-14-44-27(38-22)40-24(42-7-8-43-15-29(33,34)11-20(43)13-42)21(41-44)10-18-9-19(30(35,36)47)12-37-26(18)46/h14,17-20,23H,1,3-13,15,47H2,2H3,(H,37,46)(H,39,45)/t18-,19?,20-,23?/m1/s1. The fourth-order valence-corrected chi connectivity index (χ4v) is 7.54. The summed E-state index contributed by atoms with van der Waals surface area (Å²) in [5.41, 5.74) is -2.21. The summed E-state index contributed by atoms with van der Waals surface area (Å²) < 4.78 is 86.5. The van der Waals surface area contributed by atoms with Gasteiger partial charge in [-0.25, -0.2) is 35.8 Å². The van der Waals surface area contributed by atoms with Crippen LogP contribution in [0.3, 0.4) is 0 Å². The van der Waals surface area contributed by atoms with Gasteiger partial charge in [-0.05, 0) is 32.1 Å². The Labute approximate surface area is 270 Å². The van der Waals surface area contributed by atoms with Crippen LogP contribution in [-0.4, -0.2) is 92.6 Å². The van der Waals surface area contributed by atoms with E-state index in [0.717, 1.165) is 0 Å². The molecule has 4 aliphatic rings. The summed E-state index contributed by atoms with van der Waals surface area (Å²) in [6.07, 6.45) is 0.721. The van der Waals surface area contributed by atoms with Crippen molar-refractivity contribution in [2.45, 2.75) is 81.5 Å². The zero-order valence-corrected chi connectivity index (χ0v) is 27.2. The molecular formula is C30H39F6N8O2P. The highest BCUT2D eigenvalue weighted by atomic mass is 31.0. The number of amides is 2. The average Bonchev–Trinajstić information content (AvgIpc) is 3.53. The number of halogens is 6. The van der Waals surface area contributed by atoms with Crippen molar-refractivity contribution in [1.29, 1.82) is 0 Å². The summed E-state index contributed by atoms with van der Waals surface area (Å²) in [6, 6.07) is -1.19. The van der Waals surface area contributed by atoms with E-state index in [1.807, 2.05) is 4.90 Å². The molecule has 47 heavy (non-hydrogen) atoms. The quantitative estimate of drug-likeness (QED) is 0.246. The van der Waals surface area contributed by atoms with Crippen molar-refractivity contribution in [2.75, 3.05) is 37.6 Å². The second-order valence-corrected chi connectivity index (χ2v) is 14.4. The molecule has 2 N–H and O–H groups in total. The van der Waals surface area contributed by atoms with Gasteiger partial charge in [-0.1, -0.05) is 15.8 Å². The number of fused-ring (bicyclic) bond motifs is 2. The summed E-state index contributed by atoms with van der Waals surface area (Å²) in [5.74, 6) is -8.33. The van der Waals surface area contributed by atoms with Crippen LogP contribution in [0.25, 0.3) is 5.78 Å². The zero-order valence-electron chi connectivity index (χ0n) is 26.0. The number of aromatic nitrogens is 4. The third-order valence-corrected chi connectivity index (χ3v) is 10.4. The minimum Gasteiger partial charge on any atom is -0.355 e. The molecular weight excluding hydrogens is 649 g/mol. The Balaban J connectivity index is 1.36. The monoisotopic (exact) mass is 688 g/mol. The van der Waals surface area contributed by atoms with Gasteiger partial charge in [0, 0.05) is 75.3 Å². The van der Waals surface area contributed by atoms with Gasteiger partial charge >= 0.3 is 0 Å². The second-order valence-electron chi connectivity index (χ2n) is 13.6. The number of hydrogen-bond donors (Lipinski definition) is 2. The average molecular weight is 689 g/mol. The largest absolute Gasteiger partial charge is 0.355 e. The SMILES string of the molecule is C=C(C)C(=O)NC(c1cn2nc(C[C@H]3CC(C(F)(F)P)CNC3=O)c(N3CCN4CC(F)(F)C[C@@H]4C3)nc2n1)C1CCC(F)(F)CC1. The lowest BCUT2D eigenvalue weighted by Gasteiger charge is -2.38. The Morgan fingerprint density at radius 1 is 1.19 bits per heavy atom. The van der Waals surface area contributed by atoms with Crippen LogP contribution < -0.4 is 15.5 Å². The molecule has 5 heterocycles. The molecule has 6 rings (SSSR count). The molecule has 2 aromatic heterocycles. The molecule has 0 radical (unpaired) electrons. The van der Waals surface area contributed by atoms with Crippen molar-refractivity contribution in [3.63, 3.8) is 0 Å². The zero-order chi connectivity index (χ0) is 33.9.